The van der Waals surface area contributed by atoms with Gasteiger partial charge in [-0.1, -0.05) is 17.7 Å². The second-order valence-corrected chi connectivity index (χ2v) is 3.77. The van der Waals surface area contributed by atoms with Gasteiger partial charge in [0.2, 0.25) is 0 Å². The van der Waals surface area contributed by atoms with E-state index >= 15 is 0 Å². The van der Waals surface area contributed by atoms with Crippen LogP contribution in [0.3, 0.4) is 0 Å². The number of rotatable bonds is 2. The van der Waals surface area contributed by atoms with E-state index in [1.165, 1.54) is 0 Å². The zero-order chi connectivity index (χ0) is 11.0. The van der Waals surface area contributed by atoms with E-state index in [1.54, 1.807) is 25.1 Å². The maximum Gasteiger partial charge on any atom is 0.181 e. The first-order valence-electron chi connectivity index (χ1n) is 4.53. The molecule has 0 aliphatic rings. The van der Waals surface area contributed by atoms with E-state index in [9.17, 15) is 4.79 Å². The number of ketones is 1. The molecule has 4 nitrogen and oxygen atoms in total. The minimum Gasteiger partial charge on any atom is -0.321 e. The number of nitrogens with two attached hydrogens (primary N) is 1. The van der Waals surface area contributed by atoms with Crippen LogP contribution in [0, 0.1) is 0 Å². The number of Topliss-reactive ketones (excluding diaryl/α,β-unsaturated/α-hetero) is 1. The summed E-state index contributed by atoms with van der Waals surface area (Å²) in [5.74, 6) is -0.135. The maximum atomic E-state index is 11.7. The number of aromatic nitrogens is 2. The van der Waals surface area contributed by atoms with Gasteiger partial charge in [-0.3, -0.25) is 9.89 Å². The van der Waals surface area contributed by atoms with Crippen LogP contribution >= 0.6 is 11.6 Å². The van der Waals surface area contributed by atoms with Gasteiger partial charge in [0.15, 0.2) is 5.78 Å². The third-order valence-electron chi connectivity index (χ3n) is 2.22. The second-order valence-electron chi connectivity index (χ2n) is 3.39. The lowest BCUT2D eigenvalue weighted by Crippen LogP contribution is -2.26. The number of carbonyl (C=O) groups is 1. The van der Waals surface area contributed by atoms with Crippen molar-refractivity contribution in [1.29, 1.82) is 0 Å². The highest BCUT2D eigenvalue weighted by Gasteiger charge is 2.16. The molecule has 0 aliphatic carbocycles. The monoisotopic (exact) mass is 223 g/mol. The number of carbonyl (C=O) groups excluding carboxylic acids is 1. The van der Waals surface area contributed by atoms with Crippen LogP contribution in [-0.2, 0) is 0 Å². The molecular weight excluding hydrogens is 214 g/mol. The Balaban J connectivity index is 2.66. The first-order valence-corrected chi connectivity index (χ1v) is 4.91. The van der Waals surface area contributed by atoms with Crippen molar-refractivity contribution in [3.63, 3.8) is 0 Å². The number of hydrogen-bond acceptors (Lipinski definition) is 3. The van der Waals surface area contributed by atoms with Crippen LogP contribution in [0.4, 0.5) is 0 Å². The lowest BCUT2D eigenvalue weighted by Gasteiger charge is -2.04. The minimum atomic E-state index is -0.536. The van der Waals surface area contributed by atoms with Crippen molar-refractivity contribution < 1.29 is 4.79 Å². The molecule has 0 amide bonds. The predicted molar refractivity (Wildman–Crippen MR) is 59.1 cm³/mol. The van der Waals surface area contributed by atoms with Gasteiger partial charge in [0.05, 0.1) is 6.04 Å². The molecular formula is C10H10ClN3O. The summed E-state index contributed by atoms with van der Waals surface area (Å²) in [5, 5.41) is 7.80. The van der Waals surface area contributed by atoms with Crippen LogP contribution < -0.4 is 5.73 Å². The Morgan fingerprint density at radius 1 is 1.60 bits per heavy atom. The SMILES string of the molecule is CC(N)C(=O)c1cccc2c(Cl)[nH]nc12. The third-order valence-corrected chi connectivity index (χ3v) is 2.51. The minimum absolute atomic E-state index is 0.135. The smallest absolute Gasteiger partial charge is 0.181 e. The topological polar surface area (TPSA) is 71.8 Å². The zero-order valence-corrected chi connectivity index (χ0v) is 8.88. The molecule has 0 fully saturated rings. The van der Waals surface area contributed by atoms with Crippen molar-refractivity contribution in [1.82, 2.24) is 10.2 Å². The summed E-state index contributed by atoms with van der Waals surface area (Å²) < 4.78 is 0. The van der Waals surface area contributed by atoms with Crippen LogP contribution in [-0.4, -0.2) is 22.0 Å². The molecule has 1 unspecified atom stereocenters. The van der Waals surface area contributed by atoms with Gasteiger partial charge in [-0.05, 0) is 19.1 Å². The van der Waals surface area contributed by atoms with Gasteiger partial charge in [0, 0.05) is 10.9 Å². The molecule has 1 aromatic carbocycles. The lowest BCUT2D eigenvalue weighted by atomic mass is 10.0. The van der Waals surface area contributed by atoms with E-state index < -0.39 is 6.04 Å². The van der Waals surface area contributed by atoms with Crippen LogP contribution in [0.5, 0.6) is 0 Å². The van der Waals surface area contributed by atoms with E-state index in [4.69, 9.17) is 17.3 Å². The van der Waals surface area contributed by atoms with E-state index in [1.807, 2.05) is 0 Å². The molecule has 0 saturated carbocycles. The zero-order valence-electron chi connectivity index (χ0n) is 8.12. The standard InChI is InChI=1S/C10H10ClN3O/c1-5(12)9(15)6-3-2-4-7-8(6)13-14-10(7)11/h2-5H,12H2,1H3,(H,13,14). The first-order chi connectivity index (χ1) is 7.11. The van der Waals surface area contributed by atoms with Crippen LogP contribution in [0.1, 0.15) is 17.3 Å². The van der Waals surface area contributed by atoms with Gasteiger partial charge in [0.1, 0.15) is 10.7 Å². The number of nitrogens with zero attached hydrogens (tertiary/aromatic N) is 1. The molecule has 0 bridgehead atoms. The van der Waals surface area contributed by atoms with Gasteiger partial charge in [-0.2, -0.15) is 5.10 Å². The van der Waals surface area contributed by atoms with Crippen LogP contribution in [0.25, 0.3) is 10.9 Å². The Bertz CT molecular complexity index is 518. The summed E-state index contributed by atoms with van der Waals surface area (Å²) in [6.07, 6.45) is 0. The fourth-order valence-corrected chi connectivity index (χ4v) is 1.65. The number of H-pyrrole nitrogens is 1. The number of hydrogen-bond donors (Lipinski definition) is 2. The number of para-hydroxylation sites is 1. The summed E-state index contributed by atoms with van der Waals surface area (Å²) in [6.45, 7) is 1.65. The Kier molecular flexibility index (Phi) is 2.46. The van der Waals surface area contributed by atoms with Crippen molar-refractivity contribution in [2.45, 2.75) is 13.0 Å². The highest BCUT2D eigenvalue weighted by Crippen LogP contribution is 2.23. The summed E-state index contributed by atoms with van der Waals surface area (Å²) in [5.41, 5.74) is 6.62. The molecule has 0 aliphatic heterocycles. The number of benzene rings is 1. The predicted octanol–water partition coefficient (Wildman–Crippen LogP) is 1.75. The fourth-order valence-electron chi connectivity index (χ4n) is 1.45. The molecule has 78 valence electrons. The average molecular weight is 224 g/mol. The molecule has 0 saturated heterocycles. The van der Waals surface area contributed by atoms with Gasteiger partial charge in [-0.25, -0.2) is 0 Å². The first kappa shape index (κ1) is 10.1. The number of fused-ring (bicyclic) bond motifs is 1. The Labute approximate surface area is 91.4 Å². The average Bonchev–Trinajstić information content (AvgIpc) is 2.59. The van der Waals surface area contributed by atoms with Crippen molar-refractivity contribution in [3.8, 4) is 0 Å². The van der Waals surface area contributed by atoms with Gasteiger partial charge >= 0.3 is 0 Å². The van der Waals surface area contributed by atoms with E-state index in [0.717, 1.165) is 5.39 Å². The molecule has 1 aromatic heterocycles. The summed E-state index contributed by atoms with van der Waals surface area (Å²) in [7, 11) is 0. The normalized spacial score (nSPS) is 13.0. The summed E-state index contributed by atoms with van der Waals surface area (Å²) >= 11 is 5.87. The highest BCUT2D eigenvalue weighted by atomic mass is 35.5. The lowest BCUT2D eigenvalue weighted by molar-refractivity contribution is 0.0969. The maximum absolute atomic E-state index is 11.7. The third kappa shape index (κ3) is 1.62. The second kappa shape index (κ2) is 3.64. The van der Waals surface area contributed by atoms with Gasteiger partial charge in [-0.15, -0.1) is 0 Å². The molecule has 1 heterocycles. The van der Waals surface area contributed by atoms with E-state index in [0.29, 0.717) is 16.2 Å². The van der Waals surface area contributed by atoms with Gasteiger partial charge in [0.25, 0.3) is 0 Å². The van der Waals surface area contributed by atoms with Crippen molar-refractivity contribution in [2.24, 2.45) is 5.73 Å². The molecule has 1 atom stereocenters. The molecule has 0 radical (unpaired) electrons. The summed E-state index contributed by atoms with van der Waals surface area (Å²) in [6, 6.07) is 4.73. The highest BCUT2D eigenvalue weighted by molar-refractivity contribution is 6.34. The molecule has 5 heteroatoms. The van der Waals surface area contributed by atoms with Crippen molar-refractivity contribution >= 4 is 28.3 Å². The van der Waals surface area contributed by atoms with E-state index in [2.05, 4.69) is 10.2 Å². The Hall–Kier alpha value is -1.39. The quantitative estimate of drug-likeness (QED) is 0.762. The molecule has 15 heavy (non-hydrogen) atoms. The largest absolute Gasteiger partial charge is 0.321 e. The van der Waals surface area contributed by atoms with Crippen molar-refractivity contribution in [3.05, 3.63) is 28.9 Å². The molecule has 3 N–H and O–H groups in total. The van der Waals surface area contributed by atoms with Crippen LogP contribution in [0.15, 0.2) is 18.2 Å². The number of nitrogens with one attached hydrogen (secondary N) is 1. The Morgan fingerprint density at radius 3 is 3.00 bits per heavy atom. The molecule has 2 rings (SSSR count). The molecule has 0 spiro atoms. The van der Waals surface area contributed by atoms with Crippen molar-refractivity contribution in [2.75, 3.05) is 0 Å². The fraction of sp³-hybridized carbons (Fsp3) is 0.200. The Morgan fingerprint density at radius 2 is 2.33 bits per heavy atom. The van der Waals surface area contributed by atoms with Gasteiger partial charge < -0.3 is 5.73 Å². The summed E-state index contributed by atoms with van der Waals surface area (Å²) in [4.78, 5) is 11.7. The van der Waals surface area contributed by atoms with Crippen LogP contribution in [0.2, 0.25) is 5.15 Å². The molecule has 2 aromatic rings. The number of halogens is 1. The van der Waals surface area contributed by atoms with E-state index in [-0.39, 0.29) is 5.78 Å². The number of aromatic amines is 1.